The van der Waals surface area contributed by atoms with Crippen molar-refractivity contribution in [1.29, 1.82) is 0 Å². The first-order valence-electron chi connectivity index (χ1n) is 31.7. The molecule has 0 radical (unpaired) electrons. The second-order valence-corrected chi connectivity index (χ2v) is 28.2. The lowest BCUT2D eigenvalue weighted by Gasteiger charge is -2.58. The zero-order chi connectivity index (χ0) is 57.7. The van der Waals surface area contributed by atoms with Crippen LogP contribution in [0.15, 0.2) is 295 Å². The van der Waals surface area contributed by atoms with Crippen LogP contribution in [0.1, 0.15) is 88.6 Å². The van der Waals surface area contributed by atoms with Crippen LogP contribution in [0.4, 0.5) is 34.1 Å². The lowest BCUT2D eigenvalue weighted by atomic mass is 9.47. The Labute approximate surface area is 523 Å². The number of fused-ring (bicyclic) bond motifs is 15. The fourth-order valence-electron chi connectivity index (χ4n) is 18.6. The van der Waals surface area contributed by atoms with Crippen LogP contribution in [0.25, 0.3) is 42.4 Å². The minimum absolute atomic E-state index is 0.133. The van der Waals surface area contributed by atoms with Gasteiger partial charge in [-0.1, -0.05) is 218 Å². The third-order valence-corrected chi connectivity index (χ3v) is 23.8. The third kappa shape index (κ3) is 7.25. The van der Waals surface area contributed by atoms with E-state index in [-0.39, 0.29) is 5.41 Å². The van der Waals surface area contributed by atoms with Crippen LogP contribution in [0.5, 0.6) is 0 Å². The molecule has 4 heteroatoms. The Morgan fingerprint density at radius 1 is 0.295 bits per heavy atom. The quantitative estimate of drug-likeness (QED) is 0.142. The van der Waals surface area contributed by atoms with Crippen molar-refractivity contribution >= 4 is 77.4 Å². The summed E-state index contributed by atoms with van der Waals surface area (Å²) in [5.41, 5.74) is 23.8. The van der Waals surface area contributed by atoms with Crippen molar-refractivity contribution in [3.05, 3.63) is 335 Å². The molecule has 0 saturated heterocycles. The summed E-state index contributed by atoms with van der Waals surface area (Å²) in [7, 11) is 0. The SMILES string of the molecule is c1ccc(N(c2cccc(C3(c4ccccc4)c4ccccc4-c4ccccc43)c2)c2ccc3c(c2)sc2cc(N(c4ccccc4)c4cc(C56CC7CC(CC(C7)C5)C6)c5c(c4)C4(c6ccccc6S5)c5ccccc5-c5ccccc54)ccc23)cc1. The molecule has 0 atom stereocenters. The van der Waals surface area contributed by atoms with Crippen LogP contribution in [0.3, 0.4) is 0 Å². The third-order valence-electron chi connectivity index (χ3n) is 21.5. The van der Waals surface area contributed by atoms with E-state index in [0.29, 0.717) is 0 Å². The highest BCUT2D eigenvalue weighted by atomic mass is 32.2. The molecular formula is C84H62N2S2. The Balaban J connectivity index is 0.787. The van der Waals surface area contributed by atoms with Crippen molar-refractivity contribution in [2.45, 2.75) is 64.6 Å². The summed E-state index contributed by atoms with van der Waals surface area (Å²) in [6.07, 6.45) is 8.11. The molecule has 4 bridgehead atoms. The molecule has 20 rings (SSSR count). The van der Waals surface area contributed by atoms with Gasteiger partial charge in [-0.15, -0.1) is 11.3 Å². The van der Waals surface area contributed by atoms with Crippen LogP contribution in [0.2, 0.25) is 0 Å². The molecular weight excluding hydrogens is 1100 g/mol. The molecule has 4 saturated carbocycles. The molecule has 6 aliphatic carbocycles. The average Bonchev–Trinajstić information content (AvgIpc) is 1.38. The van der Waals surface area contributed by atoms with Gasteiger partial charge in [0.2, 0.25) is 0 Å². The first-order chi connectivity index (χ1) is 43.5. The van der Waals surface area contributed by atoms with Crippen LogP contribution >= 0.6 is 23.1 Å². The largest absolute Gasteiger partial charge is 0.310 e. The van der Waals surface area contributed by atoms with Gasteiger partial charge in [0.1, 0.15) is 0 Å². The van der Waals surface area contributed by atoms with Gasteiger partial charge in [0, 0.05) is 64.1 Å². The normalized spacial score (nSPS) is 19.8. The van der Waals surface area contributed by atoms with Gasteiger partial charge in [-0.05, 0) is 213 Å². The highest BCUT2D eigenvalue weighted by Gasteiger charge is 2.56. The summed E-state index contributed by atoms with van der Waals surface area (Å²) in [5, 5.41) is 2.56. The molecule has 7 aliphatic rings. The Kier molecular flexibility index (Phi) is 11.2. The van der Waals surface area contributed by atoms with Gasteiger partial charge < -0.3 is 9.80 Å². The fourth-order valence-corrected chi connectivity index (χ4v) is 21.1. The second kappa shape index (κ2) is 19.4. The highest BCUT2D eigenvalue weighted by Crippen LogP contribution is 2.68. The Hall–Kier alpha value is -9.19. The van der Waals surface area contributed by atoms with Gasteiger partial charge in [-0.2, -0.15) is 0 Å². The monoisotopic (exact) mass is 1160 g/mol. The van der Waals surface area contributed by atoms with Crippen molar-refractivity contribution in [3.8, 4) is 22.3 Å². The van der Waals surface area contributed by atoms with Crippen LogP contribution in [-0.2, 0) is 16.2 Å². The van der Waals surface area contributed by atoms with Crippen LogP contribution < -0.4 is 9.80 Å². The lowest BCUT2D eigenvalue weighted by Crippen LogP contribution is -2.49. The van der Waals surface area contributed by atoms with E-state index in [9.17, 15) is 0 Å². The summed E-state index contributed by atoms with van der Waals surface area (Å²) < 4.78 is 2.54. The molecule has 0 amide bonds. The van der Waals surface area contributed by atoms with Gasteiger partial charge in [-0.25, -0.2) is 0 Å². The van der Waals surface area contributed by atoms with Gasteiger partial charge >= 0.3 is 0 Å². The van der Waals surface area contributed by atoms with Crippen molar-refractivity contribution in [2.24, 2.45) is 17.8 Å². The maximum absolute atomic E-state index is 2.71. The van der Waals surface area contributed by atoms with Gasteiger partial charge in [0.15, 0.2) is 0 Å². The average molecular weight is 1160 g/mol. The van der Waals surface area contributed by atoms with E-state index in [2.05, 4.69) is 307 Å². The summed E-state index contributed by atoms with van der Waals surface area (Å²) in [5.74, 6) is 2.41. The number of nitrogens with zero attached hydrogens (tertiary/aromatic N) is 2. The van der Waals surface area contributed by atoms with Gasteiger partial charge in [-0.3, -0.25) is 0 Å². The standard InChI is InChI=1S/C84H62N2S2/c1-4-21-57(22-5-1)83(71-33-14-10-29-65(71)66-30-11-15-34-72(66)83)58-23-20-28-61(46-58)85(59-24-6-2-7-25-59)62-39-41-69-70-42-40-63(50-80(70)87-79(69)49-62)86(60-26-8-3-9-27-60)64-47-76(82-51-54-43-55(52-82)45-56(44-54)53-82)81-77(48-64)84(75-37-18-19-38-78(75)88-81)73-35-16-12-31-67(73)68-32-13-17-36-74(68)84/h1-42,46-50,54-56H,43-45,51-53H2. The predicted molar refractivity (Wildman–Crippen MR) is 367 cm³/mol. The number of benzene rings is 12. The van der Waals surface area contributed by atoms with Crippen LogP contribution in [-0.4, -0.2) is 0 Å². The topological polar surface area (TPSA) is 6.48 Å². The number of rotatable bonds is 9. The maximum atomic E-state index is 2.71. The summed E-state index contributed by atoms with van der Waals surface area (Å²) in [6.45, 7) is 0. The molecule has 88 heavy (non-hydrogen) atoms. The Bertz CT molecular complexity index is 4840. The summed E-state index contributed by atoms with van der Waals surface area (Å²) in [4.78, 5) is 7.96. The van der Waals surface area contributed by atoms with Gasteiger partial charge in [0.05, 0.1) is 10.8 Å². The number of hydrogen-bond donors (Lipinski definition) is 0. The Morgan fingerprint density at radius 2 is 0.705 bits per heavy atom. The smallest absolute Gasteiger partial charge is 0.0736 e. The molecule has 4 fully saturated rings. The van der Waals surface area contributed by atoms with Crippen molar-refractivity contribution < 1.29 is 0 Å². The maximum Gasteiger partial charge on any atom is 0.0736 e. The molecule has 0 unspecified atom stereocenters. The van der Waals surface area contributed by atoms with Crippen LogP contribution in [0, 0.1) is 17.8 Å². The fraction of sp³-hybridized carbons (Fsp3) is 0.143. The first kappa shape index (κ1) is 50.9. The molecule has 0 N–H and O–H groups in total. The van der Waals surface area contributed by atoms with Gasteiger partial charge in [0.25, 0.3) is 0 Å². The molecule has 1 aromatic heterocycles. The predicted octanol–water partition coefficient (Wildman–Crippen LogP) is 22.7. The highest BCUT2D eigenvalue weighted by molar-refractivity contribution is 7.99. The number of anilines is 6. The van der Waals surface area contributed by atoms with E-state index < -0.39 is 10.8 Å². The molecule has 2 nitrogen and oxygen atoms in total. The summed E-state index contributed by atoms with van der Waals surface area (Å²) in [6, 6.07) is 109. The van der Waals surface area contributed by atoms with E-state index in [1.807, 2.05) is 11.3 Å². The number of thiophene rings is 1. The van der Waals surface area contributed by atoms with E-state index in [4.69, 9.17) is 0 Å². The number of para-hydroxylation sites is 2. The van der Waals surface area contributed by atoms with E-state index >= 15 is 0 Å². The molecule has 13 aromatic rings. The van der Waals surface area contributed by atoms with E-state index in [1.165, 1.54) is 152 Å². The molecule has 12 aromatic carbocycles. The zero-order valence-corrected chi connectivity index (χ0v) is 50.5. The molecule has 420 valence electrons. The molecule has 1 aliphatic heterocycles. The minimum atomic E-state index is -0.512. The van der Waals surface area contributed by atoms with Crippen molar-refractivity contribution in [2.75, 3.05) is 9.80 Å². The second-order valence-electron chi connectivity index (χ2n) is 26.1. The first-order valence-corrected chi connectivity index (χ1v) is 33.3. The Morgan fingerprint density at radius 3 is 1.24 bits per heavy atom. The number of hydrogen-bond acceptors (Lipinski definition) is 4. The van der Waals surface area contributed by atoms with Crippen molar-refractivity contribution in [1.82, 2.24) is 0 Å². The van der Waals surface area contributed by atoms with E-state index in [0.717, 1.165) is 34.8 Å². The van der Waals surface area contributed by atoms with Crippen molar-refractivity contribution in [3.63, 3.8) is 0 Å². The summed E-state index contributed by atoms with van der Waals surface area (Å²) >= 11 is 3.97. The lowest BCUT2D eigenvalue weighted by molar-refractivity contribution is -0.00646. The molecule has 2 heterocycles. The zero-order valence-electron chi connectivity index (χ0n) is 48.8. The minimum Gasteiger partial charge on any atom is -0.310 e. The van der Waals surface area contributed by atoms with E-state index in [1.54, 1.807) is 5.56 Å². The molecule has 1 spiro atoms.